The van der Waals surface area contributed by atoms with Crippen LogP contribution in [-0.2, 0) is 0 Å². The van der Waals surface area contributed by atoms with Crippen LogP contribution in [0.3, 0.4) is 0 Å². The van der Waals surface area contributed by atoms with Crippen LogP contribution in [0.5, 0.6) is 0 Å². The summed E-state index contributed by atoms with van der Waals surface area (Å²) in [5, 5.41) is 0. The molecule has 20 heavy (non-hydrogen) atoms. The minimum absolute atomic E-state index is 0.0892. The van der Waals surface area contributed by atoms with Crippen molar-refractivity contribution in [3.63, 3.8) is 0 Å². The third-order valence-corrected chi connectivity index (χ3v) is 3.01. The smallest absolute Gasteiger partial charge is 0.259 e. The fourth-order valence-corrected chi connectivity index (χ4v) is 1.96. The quantitative estimate of drug-likeness (QED) is 0.729. The van der Waals surface area contributed by atoms with Gasteiger partial charge in [-0.05, 0) is 19.1 Å². The number of hydrogen-bond acceptors (Lipinski definition) is 3. The van der Waals surface area contributed by atoms with E-state index in [9.17, 15) is 14.0 Å². The highest BCUT2D eigenvalue weighted by atomic mass is 19.1. The fraction of sp³-hybridized carbons (Fsp3) is 0.0714. The topological polar surface area (TPSA) is 67.2 Å². The zero-order valence-electron chi connectivity index (χ0n) is 10.6. The maximum atomic E-state index is 13.7. The molecule has 0 saturated heterocycles. The molecule has 0 aliphatic carbocycles. The molecule has 100 valence electrons. The van der Waals surface area contributed by atoms with Crippen molar-refractivity contribution in [3.05, 3.63) is 68.6 Å². The van der Waals surface area contributed by atoms with E-state index in [1.54, 1.807) is 19.1 Å². The standard InChI is InChI=1S/C14H10FN3O2/c1-8-7-18-12(19)6-11(16-14(18)17-13(8)20)9-4-2-3-5-10(9)15/h2-7H,1H3,(H,16,17,20). The molecule has 0 aliphatic rings. The molecule has 3 rings (SSSR count). The molecule has 0 atom stereocenters. The molecule has 1 N–H and O–H groups in total. The molecular weight excluding hydrogens is 261 g/mol. The maximum Gasteiger partial charge on any atom is 0.259 e. The minimum Gasteiger partial charge on any atom is -0.292 e. The van der Waals surface area contributed by atoms with Crippen molar-refractivity contribution >= 4 is 5.78 Å². The molecule has 0 amide bonds. The number of halogens is 1. The van der Waals surface area contributed by atoms with Gasteiger partial charge in [-0.1, -0.05) is 12.1 Å². The van der Waals surface area contributed by atoms with Crippen molar-refractivity contribution in [2.45, 2.75) is 6.92 Å². The van der Waals surface area contributed by atoms with Gasteiger partial charge >= 0.3 is 0 Å². The number of nitrogens with one attached hydrogen (secondary N) is 1. The predicted octanol–water partition coefficient (Wildman–Crippen LogP) is 1.50. The summed E-state index contributed by atoms with van der Waals surface area (Å²) in [6.07, 6.45) is 1.41. The van der Waals surface area contributed by atoms with Crippen LogP contribution in [0.1, 0.15) is 5.56 Å². The Bertz CT molecular complexity index is 928. The van der Waals surface area contributed by atoms with Gasteiger partial charge in [-0.25, -0.2) is 9.37 Å². The molecule has 3 aromatic rings. The van der Waals surface area contributed by atoms with E-state index in [0.29, 0.717) is 5.56 Å². The number of hydrogen-bond donors (Lipinski definition) is 1. The summed E-state index contributed by atoms with van der Waals surface area (Å²) in [6.45, 7) is 1.59. The molecule has 6 heteroatoms. The maximum absolute atomic E-state index is 13.7. The zero-order chi connectivity index (χ0) is 14.3. The monoisotopic (exact) mass is 271 g/mol. The van der Waals surface area contributed by atoms with Crippen LogP contribution in [-0.4, -0.2) is 14.4 Å². The third-order valence-electron chi connectivity index (χ3n) is 3.01. The molecule has 0 fully saturated rings. The van der Waals surface area contributed by atoms with Crippen molar-refractivity contribution in [1.29, 1.82) is 0 Å². The molecule has 0 spiro atoms. The Morgan fingerprint density at radius 3 is 2.75 bits per heavy atom. The largest absolute Gasteiger partial charge is 0.292 e. The first kappa shape index (κ1) is 12.3. The molecule has 5 nitrogen and oxygen atoms in total. The second kappa shape index (κ2) is 4.41. The van der Waals surface area contributed by atoms with Crippen LogP contribution < -0.4 is 11.1 Å². The van der Waals surface area contributed by atoms with Crippen LogP contribution >= 0.6 is 0 Å². The van der Waals surface area contributed by atoms with E-state index in [1.807, 2.05) is 0 Å². The molecule has 0 bridgehead atoms. The molecule has 2 heterocycles. The lowest BCUT2D eigenvalue weighted by Gasteiger charge is -2.05. The van der Waals surface area contributed by atoms with Crippen molar-refractivity contribution in [2.75, 3.05) is 0 Å². The van der Waals surface area contributed by atoms with Gasteiger partial charge in [0.25, 0.3) is 11.1 Å². The molecule has 0 unspecified atom stereocenters. The van der Waals surface area contributed by atoms with E-state index in [4.69, 9.17) is 0 Å². The number of aryl methyl sites for hydroxylation is 1. The SMILES string of the molecule is Cc1cn2c(=O)cc(-c3ccccc3F)nc2[nH]c1=O. The lowest BCUT2D eigenvalue weighted by molar-refractivity contribution is 0.630. The summed E-state index contributed by atoms with van der Waals surface area (Å²) >= 11 is 0. The highest BCUT2D eigenvalue weighted by molar-refractivity contribution is 5.61. The predicted molar refractivity (Wildman–Crippen MR) is 72.2 cm³/mol. The van der Waals surface area contributed by atoms with E-state index in [2.05, 4.69) is 9.97 Å². The summed E-state index contributed by atoms with van der Waals surface area (Å²) in [6, 6.07) is 7.26. The number of benzene rings is 1. The molecular formula is C14H10FN3O2. The molecule has 0 aliphatic heterocycles. The first-order chi connectivity index (χ1) is 9.56. The van der Waals surface area contributed by atoms with Gasteiger partial charge in [0, 0.05) is 23.4 Å². The number of rotatable bonds is 1. The highest BCUT2D eigenvalue weighted by Crippen LogP contribution is 2.19. The summed E-state index contributed by atoms with van der Waals surface area (Å²) in [5.74, 6) is -0.385. The second-order valence-corrected chi connectivity index (χ2v) is 4.42. The van der Waals surface area contributed by atoms with E-state index in [0.717, 1.165) is 0 Å². The average Bonchev–Trinajstić information content (AvgIpc) is 2.41. The normalized spacial score (nSPS) is 10.9. The minimum atomic E-state index is -0.474. The van der Waals surface area contributed by atoms with E-state index in [1.165, 1.54) is 28.8 Å². The third kappa shape index (κ3) is 1.91. The number of aromatic nitrogens is 3. The first-order valence-electron chi connectivity index (χ1n) is 5.94. The number of nitrogens with zero attached hydrogens (tertiary/aromatic N) is 2. The van der Waals surface area contributed by atoms with Crippen LogP contribution in [0.4, 0.5) is 4.39 Å². The van der Waals surface area contributed by atoms with E-state index in [-0.39, 0.29) is 28.2 Å². The summed E-state index contributed by atoms with van der Waals surface area (Å²) in [5.41, 5.74) is 0.0938. The Balaban J connectivity index is 2.36. The van der Waals surface area contributed by atoms with Gasteiger partial charge < -0.3 is 0 Å². The summed E-state index contributed by atoms with van der Waals surface area (Å²) in [4.78, 5) is 30.2. The van der Waals surface area contributed by atoms with Gasteiger partial charge in [-0.15, -0.1) is 0 Å². The van der Waals surface area contributed by atoms with Crippen LogP contribution in [0.15, 0.2) is 46.1 Å². The van der Waals surface area contributed by atoms with Crippen molar-refractivity contribution in [3.8, 4) is 11.3 Å². The molecule has 0 radical (unpaired) electrons. The van der Waals surface area contributed by atoms with Crippen LogP contribution in [0.25, 0.3) is 17.0 Å². The summed E-state index contributed by atoms with van der Waals surface area (Å²) in [7, 11) is 0. The Morgan fingerprint density at radius 1 is 1.25 bits per heavy atom. The van der Waals surface area contributed by atoms with Crippen molar-refractivity contribution < 1.29 is 4.39 Å². The highest BCUT2D eigenvalue weighted by Gasteiger charge is 2.09. The lowest BCUT2D eigenvalue weighted by atomic mass is 10.1. The van der Waals surface area contributed by atoms with Crippen molar-refractivity contribution in [2.24, 2.45) is 0 Å². The Hall–Kier alpha value is -2.76. The molecule has 0 saturated carbocycles. The van der Waals surface area contributed by atoms with Gasteiger partial charge in [0.1, 0.15) is 5.82 Å². The average molecular weight is 271 g/mol. The fourth-order valence-electron chi connectivity index (χ4n) is 1.96. The zero-order valence-corrected chi connectivity index (χ0v) is 10.6. The van der Waals surface area contributed by atoms with Crippen molar-refractivity contribution in [1.82, 2.24) is 14.4 Å². The van der Waals surface area contributed by atoms with E-state index < -0.39 is 5.82 Å². The van der Waals surface area contributed by atoms with Gasteiger partial charge in [0.2, 0.25) is 5.78 Å². The summed E-state index contributed by atoms with van der Waals surface area (Å²) < 4.78 is 15.0. The lowest BCUT2D eigenvalue weighted by Crippen LogP contribution is -2.21. The Labute approximate surface area is 112 Å². The first-order valence-corrected chi connectivity index (χ1v) is 5.94. The Kier molecular flexibility index (Phi) is 2.71. The van der Waals surface area contributed by atoms with Gasteiger partial charge in [0.05, 0.1) is 5.69 Å². The van der Waals surface area contributed by atoms with Gasteiger partial charge in [0.15, 0.2) is 0 Å². The van der Waals surface area contributed by atoms with Crippen LogP contribution in [0.2, 0.25) is 0 Å². The number of fused-ring (bicyclic) bond motifs is 1. The van der Waals surface area contributed by atoms with Crippen LogP contribution in [0, 0.1) is 12.7 Å². The molecule has 2 aromatic heterocycles. The second-order valence-electron chi connectivity index (χ2n) is 4.42. The van der Waals surface area contributed by atoms with E-state index >= 15 is 0 Å². The molecule has 1 aromatic carbocycles. The number of aromatic amines is 1. The van der Waals surface area contributed by atoms with Gasteiger partial charge in [-0.3, -0.25) is 19.0 Å². The Morgan fingerprint density at radius 2 is 2.00 bits per heavy atom. The van der Waals surface area contributed by atoms with Gasteiger partial charge in [-0.2, -0.15) is 0 Å². The number of H-pyrrole nitrogens is 1.